The van der Waals surface area contributed by atoms with Crippen LogP contribution in [0.4, 0.5) is 17.1 Å². The van der Waals surface area contributed by atoms with Crippen LogP contribution in [0, 0.1) is 0 Å². The predicted octanol–water partition coefficient (Wildman–Crippen LogP) is 14.2. The summed E-state index contributed by atoms with van der Waals surface area (Å²) in [6, 6.07) is 76.9. The first-order chi connectivity index (χ1) is 27.3. The fraction of sp³-hybridized carbons (Fsp3) is 0.0189. The molecule has 9 aromatic carbocycles. The van der Waals surface area contributed by atoms with E-state index in [0.29, 0.717) is 0 Å². The van der Waals surface area contributed by atoms with Crippen LogP contribution in [0.25, 0.3) is 55.0 Å². The van der Waals surface area contributed by atoms with Crippen molar-refractivity contribution in [2.75, 3.05) is 4.90 Å². The topological polar surface area (TPSA) is 16.4 Å². The van der Waals surface area contributed by atoms with Crippen molar-refractivity contribution in [3.63, 3.8) is 0 Å². The molecule has 55 heavy (non-hydrogen) atoms. The summed E-state index contributed by atoms with van der Waals surface area (Å²) in [5, 5.41) is 4.78. The van der Waals surface area contributed by atoms with Crippen LogP contribution in [0.5, 0.6) is 0 Å². The van der Waals surface area contributed by atoms with Gasteiger partial charge in [-0.2, -0.15) is 0 Å². The highest BCUT2D eigenvalue weighted by Gasteiger charge is 2.47. The molecule has 10 aromatic rings. The SMILES string of the molecule is c1ccc(N(c2ccc(-c3ccc4ccccc4c3)cc2)c2cccc([C@]3(c4ccccc4)c4ccccc4-c4c3ccc3c4oc4ccccc43)c2)cc1. The summed E-state index contributed by atoms with van der Waals surface area (Å²) in [6.07, 6.45) is 0. The predicted molar refractivity (Wildman–Crippen MR) is 229 cm³/mol. The van der Waals surface area contributed by atoms with Crippen molar-refractivity contribution in [3.8, 4) is 22.3 Å². The Morgan fingerprint density at radius 3 is 1.89 bits per heavy atom. The highest BCUT2D eigenvalue weighted by atomic mass is 16.3. The second-order valence-corrected chi connectivity index (χ2v) is 14.5. The lowest BCUT2D eigenvalue weighted by Gasteiger charge is -2.35. The van der Waals surface area contributed by atoms with Gasteiger partial charge in [-0.1, -0.05) is 164 Å². The summed E-state index contributed by atoms with van der Waals surface area (Å²) >= 11 is 0. The quantitative estimate of drug-likeness (QED) is 0.172. The number of para-hydroxylation sites is 2. The lowest BCUT2D eigenvalue weighted by Crippen LogP contribution is -2.28. The standard InChI is InChI=1S/C53H35NO/c1-3-16-40(17-4-1)53(48-24-11-9-23-47(48)51-49(53)33-32-46-45-22-10-12-25-50(45)55-52(46)51)41-18-13-21-44(35-41)54(42-19-5-2-6-20-42)43-30-28-37(29-31-43)39-27-26-36-14-7-8-15-38(36)34-39/h1-35H/t53-/m1/s1. The number of nitrogens with zero attached hydrogens (tertiary/aromatic N) is 1. The van der Waals surface area contributed by atoms with Crippen molar-refractivity contribution in [2.45, 2.75) is 5.41 Å². The number of benzene rings is 9. The van der Waals surface area contributed by atoms with Gasteiger partial charge in [-0.05, 0) is 98.2 Å². The molecule has 0 saturated heterocycles. The van der Waals surface area contributed by atoms with Crippen molar-refractivity contribution < 1.29 is 4.42 Å². The van der Waals surface area contributed by atoms with Gasteiger partial charge in [0.1, 0.15) is 11.2 Å². The zero-order valence-electron chi connectivity index (χ0n) is 30.1. The highest BCUT2D eigenvalue weighted by molar-refractivity contribution is 6.12. The molecule has 258 valence electrons. The van der Waals surface area contributed by atoms with Crippen molar-refractivity contribution in [1.82, 2.24) is 0 Å². The van der Waals surface area contributed by atoms with Crippen LogP contribution in [-0.2, 0) is 5.41 Å². The first-order valence-corrected chi connectivity index (χ1v) is 18.9. The van der Waals surface area contributed by atoms with E-state index in [9.17, 15) is 0 Å². The number of anilines is 3. The van der Waals surface area contributed by atoms with Gasteiger partial charge in [0.25, 0.3) is 0 Å². The van der Waals surface area contributed by atoms with Crippen molar-refractivity contribution in [3.05, 3.63) is 235 Å². The maximum atomic E-state index is 6.75. The molecule has 1 aliphatic rings. The van der Waals surface area contributed by atoms with E-state index in [2.05, 4.69) is 211 Å². The van der Waals surface area contributed by atoms with Gasteiger partial charge in [0, 0.05) is 33.4 Å². The van der Waals surface area contributed by atoms with Crippen LogP contribution >= 0.6 is 0 Å². The summed E-state index contributed by atoms with van der Waals surface area (Å²) in [5.74, 6) is 0. The summed E-state index contributed by atoms with van der Waals surface area (Å²) in [6.45, 7) is 0. The molecule has 0 spiro atoms. The minimum atomic E-state index is -0.585. The molecule has 0 aliphatic heterocycles. The van der Waals surface area contributed by atoms with E-state index in [1.807, 2.05) is 6.07 Å². The second-order valence-electron chi connectivity index (χ2n) is 14.5. The first kappa shape index (κ1) is 31.4. The maximum absolute atomic E-state index is 6.75. The Morgan fingerprint density at radius 1 is 0.382 bits per heavy atom. The summed E-state index contributed by atoms with van der Waals surface area (Å²) in [4.78, 5) is 2.37. The third-order valence-corrected chi connectivity index (χ3v) is 11.5. The maximum Gasteiger partial charge on any atom is 0.143 e. The molecule has 1 atom stereocenters. The van der Waals surface area contributed by atoms with E-state index >= 15 is 0 Å². The van der Waals surface area contributed by atoms with Gasteiger partial charge in [0.05, 0.1) is 5.41 Å². The van der Waals surface area contributed by atoms with Crippen LogP contribution in [0.2, 0.25) is 0 Å². The molecular formula is C53H35NO. The minimum Gasteiger partial charge on any atom is -0.455 e. The van der Waals surface area contributed by atoms with Gasteiger partial charge in [0.15, 0.2) is 0 Å². The van der Waals surface area contributed by atoms with Gasteiger partial charge in [0.2, 0.25) is 0 Å². The number of hydrogen-bond donors (Lipinski definition) is 0. The van der Waals surface area contributed by atoms with Crippen LogP contribution in [-0.4, -0.2) is 0 Å². The van der Waals surface area contributed by atoms with Crippen molar-refractivity contribution in [1.29, 1.82) is 0 Å². The molecule has 1 aliphatic carbocycles. The fourth-order valence-electron chi connectivity index (χ4n) is 9.09. The van der Waals surface area contributed by atoms with Gasteiger partial charge < -0.3 is 9.32 Å². The number of fused-ring (bicyclic) bond motifs is 8. The van der Waals surface area contributed by atoms with Crippen molar-refractivity contribution in [2.24, 2.45) is 0 Å². The normalized spacial score (nSPS) is 14.6. The average molecular weight is 702 g/mol. The van der Waals surface area contributed by atoms with E-state index < -0.39 is 5.41 Å². The third-order valence-electron chi connectivity index (χ3n) is 11.5. The number of hydrogen-bond acceptors (Lipinski definition) is 2. The zero-order valence-corrected chi connectivity index (χ0v) is 30.1. The van der Waals surface area contributed by atoms with Crippen molar-refractivity contribution >= 4 is 49.8 Å². The molecule has 0 fully saturated rings. The molecule has 0 radical (unpaired) electrons. The zero-order chi connectivity index (χ0) is 36.3. The van der Waals surface area contributed by atoms with Crippen LogP contribution in [0.15, 0.2) is 217 Å². The Bertz CT molecular complexity index is 3030. The largest absolute Gasteiger partial charge is 0.455 e. The molecule has 0 bridgehead atoms. The van der Waals surface area contributed by atoms with Gasteiger partial charge >= 0.3 is 0 Å². The molecule has 0 unspecified atom stereocenters. The second kappa shape index (κ2) is 12.5. The Kier molecular flexibility index (Phi) is 7.11. The number of furan rings is 1. The van der Waals surface area contributed by atoms with E-state index in [0.717, 1.165) is 39.0 Å². The Labute approximate surface area is 320 Å². The molecule has 0 N–H and O–H groups in total. The van der Waals surface area contributed by atoms with Gasteiger partial charge in [-0.3, -0.25) is 0 Å². The average Bonchev–Trinajstić information content (AvgIpc) is 3.79. The van der Waals surface area contributed by atoms with Crippen LogP contribution < -0.4 is 4.90 Å². The minimum absolute atomic E-state index is 0.585. The number of rotatable bonds is 6. The molecule has 0 amide bonds. The molecule has 2 nitrogen and oxygen atoms in total. The van der Waals surface area contributed by atoms with E-state index in [-0.39, 0.29) is 0 Å². The van der Waals surface area contributed by atoms with Crippen LogP contribution in [0.1, 0.15) is 22.3 Å². The molecular weight excluding hydrogens is 667 g/mol. The molecule has 0 saturated carbocycles. The fourth-order valence-corrected chi connectivity index (χ4v) is 9.09. The smallest absolute Gasteiger partial charge is 0.143 e. The Hall–Kier alpha value is -7.16. The molecule has 2 heteroatoms. The Balaban J connectivity index is 1.12. The van der Waals surface area contributed by atoms with E-state index in [1.54, 1.807) is 0 Å². The van der Waals surface area contributed by atoms with E-state index in [4.69, 9.17) is 4.42 Å². The lowest BCUT2D eigenvalue weighted by atomic mass is 9.67. The van der Waals surface area contributed by atoms with Crippen LogP contribution in [0.3, 0.4) is 0 Å². The monoisotopic (exact) mass is 701 g/mol. The Morgan fingerprint density at radius 2 is 1.04 bits per heavy atom. The van der Waals surface area contributed by atoms with E-state index in [1.165, 1.54) is 55.3 Å². The van der Waals surface area contributed by atoms with Gasteiger partial charge in [-0.25, -0.2) is 0 Å². The highest BCUT2D eigenvalue weighted by Crippen LogP contribution is 2.59. The summed E-state index contributed by atoms with van der Waals surface area (Å²) in [7, 11) is 0. The molecule has 11 rings (SSSR count). The summed E-state index contributed by atoms with van der Waals surface area (Å²) in [5.41, 5.74) is 14.2. The first-order valence-electron chi connectivity index (χ1n) is 18.9. The molecule has 1 heterocycles. The third kappa shape index (κ3) is 4.82. The lowest BCUT2D eigenvalue weighted by molar-refractivity contribution is 0.669. The molecule has 1 aromatic heterocycles. The van der Waals surface area contributed by atoms with Gasteiger partial charge in [-0.15, -0.1) is 0 Å². The summed E-state index contributed by atoms with van der Waals surface area (Å²) < 4.78 is 6.75.